The molecule has 0 unspecified atom stereocenters. The molecule has 4 rings (SSSR count). The van der Waals surface area contributed by atoms with Gasteiger partial charge in [0.05, 0.1) is 18.1 Å². The maximum atomic E-state index is 12.5. The summed E-state index contributed by atoms with van der Waals surface area (Å²) in [5, 5.41) is 6.09. The van der Waals surface area contributed by atoms with Gasteiger partial charge in [-0.15, -0.1) is 0 Å². The van der Waals surface area contributed by atoms with Gasteiger partial charge in [-0.25, -0.2) is 4.79 Å². The molecule has 1 aliphatic carbocycles. The van der Waals surface area contributed by atoms with E-state index in [1.54, 1.807) is 4.90 Å². The lowest BCUT2D eigenvalue weighted by Crippen LogP contribution is -2.51. The van der Waals surface area contributed by atoms with Crippen molar-refractivity contribution in [3.05, 3.63) is 35.9 Å². The van der Waals surface area contributed by atoms with Gasteiger partial charge in [-0.05, 0) is 31.2 Å². The second-order valence-electron chi connectivity index (χ2n) is 7.32. The minimum Gasteiger partial charge on any atom is -0.370 e. The predicted octanol–water partition coefficient (Wildman–Crippen LogP) is 1.65. The SMILES string of the molecule is O=C(NC1CCC1)[C@H]1C[C@@H]2CN(C(=O)NCc3ccccc3)C[C@H]1O2. The molecule has 0 spiro atoms. The van der Waals surface area contributed by atoms with E-state index in [0.717, 1.165) is 18.4 Å². The van der Waals surface area contributed by atoms with Gasteiger partial charge in [0.1, 0.15) is 0 Å². The number of fused-ring (bicyclic) bond motifs is 2. The predicted molar refractivity (Wildman–Crippen MR) is 92.8 cm³/mol. The van der Waals surface area contributed by atoms with E-state index in [9.17, 15) is 9.59 Å². The van der Waals surface area contributed by atoms with Crippen LogP contribution < -0.4 is 10.6 Å². The first-order chi connectivity index (χ1) is 12.2. The molecule has 25 heavy (non-hydrogen) atoms. The van der Waals surface area contributed by atoms with Crippen molar-refractivity contribution in [3.8, 4) is 0 Å². The zero-order valence-electron chi connectivity index (χ0n) is 14.3. The quantitative estimate of drug-likeness (QED) is 0.873. The lowest BCUT2D eigenvalue weighted by molar-refractivity contribution is -0.128. The highest BCUT2D eigenvalue weighted by Gasteiger charge is 2.46. The van der Waals surface area contributed by atoms with Crippen LogP contribution in [0.25, 0.3) is 0 Å². The minimum atomic E-state index is -0.179. The molecule has 3 fully saturated rings. The van der Waals surface area contributed by atoms with Gasteiger partial charge in [0, 0.05) is 25.7 Å². The Balaban J connectivity index is 1.30. The number of likely N-dealkylation sites (tertiary alicyclic amines) is 1. The number of nitrogens with zero attached hydrogens (tertiary/aromatic N) is 1. The number of nitrogens with one attached hydrogen (secondary N) is 2. The Morgan fingerprint density at radius 2 is 1.96 bits per heavy atom. The van der Waals surface area contributed by atoms with Crippen molar-refractivity contribution in [2.24, 2.45) is 5.92 Å². The van der Waals surface area contributed by atoms with Crippen molar-refractivity contribution >= 4 is 11.9 Å². The van der Waals surface area contributed by atoms with Crippen LogP contribution in [0.1, 0.15) is 31.2 Å². The number of benzene rings is 1. The molecule has 3 aliphatic rings. The van der Waals surface area contributed by atoms with E-state index >= 15 is 0 Å². The van der Waals surface area contributed by atoms with E-state index in [2.05, 4.69) is 10.6 Å². The van der Waals surface area contributed by atoms with Crippen molar-refractivity contribution in [1.29, 1.82) is 0 Å². The van der Waals surface area contributed by atoms with Gasteiger partial charge in [-0.1, -0.05) is 30.3 Å². The topological polar surface area (TPSA) is 70.7 Å². The average Bonchev–Trinajstić information content (AvgIpc) is 2.90. The van der Waals surface area contributed by atoms with Crippen LogP contribution in [0.2, 0.25) is 0 Å². The van der Waals surface area contributed by atoms with Gasteiger partial charge in [0.15, 0.2) is 0 Å². The van der Waals surface area contributed by atoms with Crippen molar-refractivity contribution in [2.75, 3.05) is 13.1 Å². The Hall–Kier alpha value is -2.08. The number of hydrogen-bond acceptors (Lipinski definition) is 3. The first-order valence-corrected chi connectivity index (χ1v) is 9.21. The lowest BCUT2D eigenvalue weighted by Gasteiger charge is -2.33. The number of carbonyl (C=O) groups excluding carboxylic acids is 2. The molecule has 3 atom stereocenters. The third kappa shape index (κ3) is 3.63. The fourth-order valence-corrected chi connectivity index (χ4v) is 3.85. The molecule has 6 nitrogen and oxygen atoms in total. The highest BCUT2D eigenvalue weighted by Crippen LogP contribution is 2.32. The van der Waals surface area contributed by atoms with E-state index in [1.807, 2.05) is 30.3 Å². The fraction of sp³-hybridized carbons (Fsp3) is 0.579. The van der Waals surface area contributed by atoms with Crippen molar-refractivity contribution < 1.29 is 14.3 Å². The first-order valence-electron chi connectivity index (χ1n) is 9.21. The molecule has 2 aliphatic heterocycles. The molecule has 2 heterocycles. The largest absolute Gasteiger partial charge is 0.370 e. The number of urea groups is 1. The molecule has 134 valence electrons. The molecule has 3 amide bonds. The van der Waals surface area contributed by atoms with Crippen LogP contribution >= 0.6 is 0 Å². The number of hydrogen-bond donors (Lipinski definition) is 2. The highest BCUT2D eigenvalue weighted by molar-refractivity contribution is 5.80. The zero-order valence-corrected chi connectivity index (χ0v) is 14.3. The Morgan fingerprint density at radius 3 is 2.68 bits per heavy atom. The van der Waals surface area contributed by atoms with E-state index in [0.29, 0.717) is 32.1 Å². The first kappa shape index (κ1) is 16.4. The van der Waals surface area contributed by atoms with Crippen LogP contribution in [0.5, 0.6) is 0 Å². The highest BCUT2D eigenvalue weighted by atomic mass is 16.5. The molecule has 2 bridgehead atoms. The molecular formula is C19H25N3O3. The van der Waals surface area contributed by atoms with E-state index in [1.165, 1.54) is 6.42 Å². The maximum absolute atomic E-state index is 12.5. The summed E-state index contributed by atoms with van der Waals surface area (Å²) in [6, 6.07) is 10.1. The monoisotopic (exact) mass is 343 g/mol. The number of carbonyl (C=O) groups is 2. The van der Waals surface area contributed by atoms with Crippen LogP contribution in [0.15, 0.2) is 30.3 Å². The normalized spacial score (nSPS) is 28.3. The number of morpholine rings is 1. The molecule has 6 heteroatoms. The van der Waals surface area contributed by atoms with Crippen LogP contribution in [0.3, 0.4) is 0 Å². The van der Waals surface area contributed by atoms with Crippen molar-refractivity contribution in [3.63, 3.8) is 0 Å². The van der Waals surface area contributed by atoms with Crippen LogP contribution in [0, 0.1) is 5.92 Å². The van der Waals surface area contributed by atoms with Gasteiger partial charge in [-0.2, -0.15) is 0 Å². The summed E-state index contributed by atoms with van der Waals surface area (Å²) in [7, 11) is 0. The average molecular weight is 343 g/mol. The van der Waals surface area contributed by atoms with E-state index in [-0.39, 0.29) is 30.1 Å². The summed E-state index contributed by atoms with van der Waals surface area (Å²) in [4.78, 5) is 26.7. The number of rotatable bonds is 4. The summed E-state index contributed by atoms with van der Waals surface area (Å²) in [6.07, 6.45) is 3.88. The van der Waals surface area contributed by atoms with Crippen molar-refractivity contribution in [2.45, 2.75) is 50.5 Å². The third-order valence-electron chi connectivity index (χ3n) is 5.52. The summed E-state index contributed by atoms with van der Waals surface area (Å²) in [5.74, 6) is -0.0266. The Bertz CT molecular complexity index is 632. The fourth-order valence-electron chi connectivity index (χ4n) is 3.85. The summed E-state index contributed by atoms with van der Waals surface area (Å²) >= 11 is 0. The molecule has 0 radical (unpaired) electrons. The molecule has 1 aromatic rings. The number of amides is 3. The summed E-state index contributed by atoms with van der Waals surface area (Å²) < 4.78 is 5.92. The zero-order chi connectivity index (χ0) is 17.2. The second-order valence-corrected chi connectivity index (χ2v) is 7.32. The molecule has 0 aromatic heterocycles. The standard InChI is InChI=1S/C19H25N3O3/c23-18(21-14-7-4-8-14)16-9-15-11-22(12-17(16)25-15)19(24)20-10-13-5-2-1-3-6-13/h1-3,5-6,14-17H,4,7-12H2,(H,20,24)(H,21,23)/t15-,16+,17-/m1/s1. The molecule has 2 saturated heterocycles. The van der Waals surface area contributed by atoms with Gasteiger partial charge in [0.25, 0.3) is 0 Å². The van der Waals surface area contributed by atoms with Gasteiger partial charge in [0.2, 0.25) is 5.91 Å². The molecular weight excluding hydrogens is 318 g/mol. The lowest BCUT2D eigenvalue weighted by atomic mass is 9.91. The van der Waals surface area contributed by atoms with Gasteiger partial charge < -0.3 is 20.3 Å². The molecule has 1 aromatic carbocycles. The molecule has 1 saturated carbocycles. The van der Waals surface area contributed by atoms with E-state index < -0.39 is 0 Å². The smallest absolute Gasteiger partial charge is 0.317 e. The summed E-state index contributed by atoms with van der Waals surface area (Å²) in [6.45, 7) is 1.56. The second kappa shape index (κ2) is 7.04. The molecule has 2 N–H and O–H groups in total. The summed E-state index contributed by atoms with van der Waals surface area (Å²) in [5.41, 5.74) is 1.07. The Kier molecular flexibility index (Phi) is 4.61. The number of ether oxygens (including phenoxy) is 1. The Morgan fingerprint density at radius 1 is 1.16 bits per heavy atom. The van der Waals surface area contributed by atoms with E-state index in [4.69, 9.17) is 4.74 Å². The maximum Gasteiger partial charge on any atom is 0.317 e. The van der Waals surface area contributed by atoms with Crippen molar-refractivity contribution in [1.82, 2.24) is 15.5 Å². The van der Waals surface area contributed by atoms with Crippen LogP contribution in [-0.4, -0.2) is 48.2 Å². The van der Waals surface area contributed by atoms with Gasteiger partial charge >= 0.3 is 6.03 Å². The third-order valence-corrected chi connectivity index (χ3v) is 5.52. The van der Waals surface area contributed by atoms with Crippen LogP contribution in [-0.2, 0) is 16.1 Å². The van der Waals surface area contributed by atoms with Crippen LogP contribution in [0.4, 0.5) is 4.79 Å². The minimum absolute atomic E-state index is 0.0293. The van der Waals surface area contributed by atoms with Gasteiger partial charge in [-0.3, -0.25) is 4.79 Å². The Labute approximate surface area is 147 Å².